The number of hydrazine groups is 1. The van der Waals surface area contributed by atoms with E-state index in [1.807, 2.05) is 30.3 Å². The first kappa shape index (κ1) is 13.5. The second kappa shape index (κ2) is 5.87. The molecule has 2 fully saturated rings. The van der Waals surface area contributed by atoms with Gasteiger partial charge in [0.05, 0.1) is 18.8 Å². The van der Waals surface area contributed by atoms with Crippen LogP contribution in [0.1, 0.15) is 18.4 Å². The summed E-state index contributed by atoms with van der Waals surface area (Å²) in [5, 5.41) is 11.1. The quantitative estimate of drug-likeness (QED) is 0.636. The van der Waals surface area contributed by atoms with Crippen molar-refractivity contribution < 1.29 is 9.66 Å². The van der Waals surface area contributed by atoms with Crippen molar-refractivity contribution in [2.24, 2.45) is 5.92 Å². The van der Waals surface area contributed by atoms with Gasteiger partial charge < -0.3 is 4.74 Å². The average Bonchev–Trinajstić information content (AvgIpc) is 2.95. The first-order chi connectivity index (χ1) is 9.75. The second-order valence-electron chi connectivity index (χ2n) is 5.48. The van der Waals surface area contributed by atoms with Gasteiger partial charge in [-0.25, -0.2) is 5.43 Å². The Morgan fingerprint density at radius 2 is 2.10 bits per heavy atom. The lowest BCUT2D eigenvalue weighted by molar-refractivity contribution is -0.532. The van der Waals surface area contributed by atoms with E-state index < -0.39 is 6.04 Å². The molecule has 0 radical (unpaired) electrons. The molecule has 2 N–H and O–H groups in total. The van der Waals surface area contributed by atoms with Crippen LogP contribution in [0.2, 0.25) is 0 Å². The van der Waals surface area contributed by atoms with Crippen molar-refractivity contribution in [3.05, 3.63) is 46.0 Å². The van der Waals surface area contributed by atoms with Gasteiger partial charge in [-0.05, 0) is 12.0 Å². The van der Waals surface area contributed by atoms with Crippen LogP contribution in [-0.2, 0) is 11.3 Å². The Morgan fingerprint density at radius 3 is 2.85 bits per heavy atom. The molecule has 1 saturated heterocycles. The summed E-state index contributed by atoms with van der Waals surface area (Å²) in [6.07, 6.45) is 1.41. The lowest BCUT2D eigenvalue weighted by Crippen LogP contribution is -2.52. The normalized spacial score (nSPS) is 32.8. The summed E-state index contributed by atoms with van der Waals surface area (Å²) >= 11 is 0. The van der Waals surface area contributed by atoms with Gasteiger partial charge in [0.15, 0.2) is 0 Å². The third-order valence-electron chi connectivity index (χ3n) is 4.28. The summed E-state index contributed by atoms with van der Waals surface area (Å²) in [5.74, 6) is 0.169. The van der Waals surface area contributed by atoms with Gasteiger partial charge in [0.25, 0.3) is 0 Å². The molecule has 0 aromatic heterocycles. The third kappa shape index (κ3) is 2.67. The lowest BCUT2D eigenvalue weighted by Gasteiger charge is -2.34. The zero-order valence-electron chi connectivity index (χ0n) is 11.2. The number of nitrogens with zero attached hydrogens (tertiary/aromatic N) is 1. The van der Waals surface area contributed by atoms with Gasteiger partial charge in [-0.1, -0.05) is 30.3 Å². The van der Waals surface area contributed by atoms with Gasteiger partial charge in [-0.15, -0.1) is 0 Å². The number of nitrogens with one attached hydrogen (secondary N) is 2. The summed E-state index contributed by atoms with van der Waals surface area (Å²) in [4.78, 5) is 10.9. The van der Waals surface area contributed by atoms with E-state index in [-0.39, 0.29) is 23.0 Å². The number of ether oxygens (including phenoxy) is 1. The molecule has 1 aliphatic heterocycles. The summed E-state index contributed by atoms with van der Waals surface area (Å²) in [5.41, 5.74) is 7.23. The lowest BCUT2D eigenvalue weighted by atomic mass is 9.80. The fraction of sp³-hybridized carbons (Fsp3) is 0.571. The molecular weight excluding hydrogens is 258 g/mol. The highest BCUT2D eigenvalue weighted by Crippen LogP contribution is 2.31. The molecule has 6 nitrogen and oxygen atoms in total. The van der Waals surface area contributed by atoms with E-state index in [4.69, 9.17) is 4.74 Å². The largest absolute Gasteiger partial charge is 0.373 e. The minimum atomic E-state index is -0.508. The van der Waals surface area contributed by atoms with Gasteiger partial charge >= 0.3 is 0 Å². The van der Waals surface area contributed by atoms with Gasteiger partial charge in [0.1, 0.15) is 0 Å². The predicted octanol–water partition coefficient (Wildman–Crippen LogP) is 1.10. The van der Waals surface area contributed by atoms with E-state index in [9.17, 15) is 10.1 Å². The van der Waals surface area contributed by atoms with Gasteiger partial charge in [0.2, 0.25) is 6.04 Å². The summed E-state index contributed by atoms with van der Waals surface area (Å²) in [6, 6.07) is 9.39. The van der Waals surface area contributed by atoms with E-state index in [1.54, 1.807) is 0 Å². The van der Waals surface area contributed by atoms with Crippen molar-refractivity contribution in [2.45, 2.75) is 37.6 Å². The van der Waals surface area contributed by atoms with Crippen molar-refractivity contribution in [3.63, 3.8) is 0 Å². The van der Waals surface area contributed by atoms with Crippen molar-refractivity contribution in [2.75, 3.05) is 6.54 Å². The Morgan fingerprint density at radius 1 is 1.30 bits per heavy atom. The Kier molecular flexibility index (Phi) is 3.95. The monoisotopic (exact) mass is 277 g/mol. The summed E-state index contributed by atoms with van der Waals surface area (Å²) < 4.78 is 6.01. The topological polar surface area (TPSA) is 76.4 Å². The minimum Gasteiger partial charge on any atom is -0.373 e. The number of hydrogen-bond acceptors (Lipinski definition) is 5. The molecule has 3 rings (SSSR count). The van der Waals surface area contributed by atoms with Crippen LogP contribution in [-0.4, -0.2) is 29.7 Å². The smallest absolute Gasteiger partial charge is 0.230 e. The zero-order chi connectivity index (χ0) is 13.9. The van der Waals surface area contributed by atoms with E-state index in [1.165, 1.54) is 0 Å². The molecule has 1 aromatic carbocycles. The molecule has 108 valence electrons. The molecule has 2 aliphatic rings. The maximum Gasteiger partial charge on any atom is 0.230 e. The molecule has 4 unspecified atom stereocenters. The third-order valence-corrected chi connectivity index (χ3v) is 4.28. The van der Waals surface area contributed by atoms with Crippen LogP contribution in [0.4, 0.5) is 0 Å². The Labute approximate surface area is 117 Å². The Hall–Kier alpha value is -1.50. The van der Waals surface area contributed by atoms with Gasteiger partial charge in [-0.2, -0.15) is 0 Å². The number of nitro groups is 1. The summed E-state index contributed by atoms with van der Waals surface area (Å²) in [6.45, 7) is 1.30. The Balaban J connectivity index is 1.62. The fourth-order valence-electron chi connectivity index (χ4n) is 3.22. The molecule has 1 heterocycles. The SMILES string of the molecule is O=[N+]([O-])C1CCC(OCc2ccccc2)C2CNNC21. The number of hydrogen-bond donors (Lipinski definition) is 2. The first-order valence-electron chi connectivity index (χ1n) is 7.03. The highest BCUT2D eigenvalue weighted by atomic mass is 16.6. The molecule has 4 atom stereocenters. The minimum absolute atomic E-state index is 0.0823. The van der Waals surface area contributed by atoms with Crippen LogP contribution in [0.25, 0.3) is 0 Å². The standard InChI is InChI=1S/C14H19N3O3/c18-17(19)12-6-7-13(11-8-15-16-14(11)12)20-9-10-4-2-1-3-5-10/h1-5,11-16H,6-9H2. The highest BCUT2D eigenvalue weighted by molar-refractivity contribution is 5.13. The summed E-state index contributed by atoms with van der Waals surface area (Å²) in [7, 11) is 0. The van der Waals surface area contributed by atoms with Crippen molar-refractivity contribution >= 4 is 0 Å². The van der Waals surface area contributed by atoms with E-state index in [2.05, 4.69) is 10.9 Å². The molecule has 6 heteroatoms. The molecular formula is C14H19N3O3. The second-order valence-corrected chi connectivity index (χ2v) is 5.48. The zero-order valence-corrected chi connectivity index (χ0v) is 11.2. The van der Waals surface area contributed by atoms with Crippen molar-refractivity contribution in [1.82, 2.24) is 10.9 Å². The van der Waals surface area contributed by atoms with Crippen molar-refractivity contribution in [1.29, 1.82) is 0 Å². The maximum absolute atomic E-state index is 11.1. The number of rotatable bonds is 4. The van der Waals surface area contributed by atoms with Crippen LogP contribution < -0.4 is 10.9 Å². The van der Waals surface area contributed by atoms with Crippen molar-refractivity contribution in [3.8, 4) is 0 Å². The molecule has 20 heavy (non-hydrogen) atoms. The molecule has 0 amide bonds. The maximum atomic E-state index is 11.1. The van der Waals surface area contributed by atoms with E-state index in [0.29, 0.717) is 13.0 Å². The van der Waals surface area contributed by atoms with Crippen LogP contribution >= 0.6 is 0 Å². The molecule has 1 saturated carbocycles. The van der Waals surface area contributed by atoms with Gasteiger partial charge in [0, 0.05) is 23.8 Å². The van der Waals surface area contributed by atoms with Crippen LogP contribution in [0.5, 0.6) is 0 Å². The van der Waals surface area contributed by atoms with Gasteiger partial charge in [-0.3, -0.25) is 15.5 Å². The number of fused-ring (bicyclic) bond motifs is 1. The number of benzene rings is 1. The van der Waals surface area contributed by atoms with E-state index in [0.717, 1.165) is 18.5 Å². The van der Waals surface area contributed by atoms with Crippen LogP contribution in [0, 0.1) is 16.0 Å². The van der Waals surface area contributed by atoms with E-state index >= 15 is 0 Å². The molecule has 0 spiro atoms. The highest BCUT2D eigenvalue weighted by Gasteiger charge is 2.48. The molecule has 1 aliphatic carbocycles. The predicted molar refractivity (Wildman–Crippen MR) is 73.5 cm³/mol. The molecule has 1 aromatic rings. The Bertz CT molecular complexity index is 468. The van der Waals surface area contributed by atoms with Crippen LogP contribution in [0.15, 0.2) is 30.3 Å². The fourth-order valence-corrected chi connectivity index (χ4v) is 3.22. The first-order valence-corrected chi connectivity index (χ1v) is 7.03. The molecule has 0 bridgehead atoms. The van der Waals surface area contributed by atoms with Crippen LogP contribution in [0.3, 0.4) is 0 Å². The average molecular weight is 277 g/mol.